The molecular weight excluding hydrogens is 224 g/mol. The number of benzene rings is 1. The fourth-order valence-corrected chi connectivity index (χ4v) is 1.59. The molecule has 3 nitrogen and oxygen atoms in total. The van der Waals surface area contributed by atoms with Gasteiger partial charge in [-0.15, -0.1) is 11.6 Å². The average molecular weight is 233 g/mol. The van der Waals surface area contributed by atoms with Gasteiger partial charge in [0.15, 0.2) is 5.78 Å². The fourth-order valence-electron chi connectivity index (χ4n) is 1.38. The van der Waals surface area contributed by atoms with Gasteiger partial charge in [0.05, 0.1) is 24.1 Å². The van der Waals surface area contributed by atoms with E-state index in [1.54, 1.807) is 18.2 Å². The first kappa shape index (κ1) is 12.2. The number of alkyl halides is 1. The summed E-state index contributed by atoms with van der Waals surface area (Å²) in [5, 5.41) is 16.6. The van der Waals surface area contributed by atoms with Crippen molar-refractivity contribution >= 4 is 17.4 Å². The zero-order valence-corrected chi connectivity index (χ0v) is 9.45. The molecule has 1 atom stereocenters. The second kappa shape index (κ2) is 5.30. The van der Waals surface area contributed by atoms with Crippen LogP contribution >= 0.6 is 11.6 Å². The minimum absolute atomic E-state index is 0.140. The zero-order valence-electron chi connectivity index (χ0n) is 8.70. The van der Waals surface area contributed by atoms with Gasteiger partial charge in [-0.05, 0) is 30.2 Å². The van der Waals surface area contributed by atoms with Gasteiger partial charge < -0.3 is 0 Å². The van der Waals surface area contributed by atoms with E-state index >= 15 is 0 Å². The Morgan fingerprint density at radius 2 is 2.19 bits per heavy atom. The van der Waals surface area contributed by atoms with E-state index in [0.29, 0.717) is 16.7 Å². The van der Waals surface area contributed by atoms with Crippen molar-refractivity contribution in [2.24, 2.45) is 0 Å². The van der Waals surface area contributed by atoms with Crippen LogP contribution in [0.2, 0.25) is 0 Å². The van der Waals surface area contributed by atoms with E-state index in [0.717, 1.165) is 0 Å². The number of carbonyl (C=O) groups is 1. The highest BCUT2D eigenvalue weighted by Gasteiger charge is 2.17. The number of hydrogen-bond acceptors (Lipinski definition) is 3. The van der Waals surface area contributed by atoms with Crippen molar-refractivity contribution in [3.8, 4) is 12.1 Å². The third-order valence-electron chi connectivity index (χ3n) is 2.17. The van der Waals surface area contributed by atoms with E-state index in [2.05, 4.69) is 0 Å². The first-order valence-electron chi connectivity index (χ1n) is 4.64. The first-order chi connectivity index (χ1) is 7.60. The minimum atomic E-state index is -0.754. The standard InChI is InChI=1S/C12H9ClN2O/c1-8(16)12(13)11-3-2-9(7-15)6-10(11)4-5-14/h2-3,6,12H,4H2,1H3. The first-order valence-corrected chi connectivity index (χ1v) is 5.08. The fraction of sp³-hybridized carbons (Fsp3) is 0.250. The van der Waals surface area contributed by atoms with Crippen molar-refractivity contribution in [1.29, 1.82) is 10.5 Å². The highest BCUT2D eigenvalue weighted by Crippen LogP contribution is 2.26. The predicted octanol–water partition coefficient (Wildman–Crippen LogP) is 2.49. The smallest absolute Gasteiger partial charge is 0.152 e. The van der Waals surface area contributed by atoms with Crippen LogP contribution in [0.4, 0.5) is 0 Å². The van der Waals surface area contributed by atoms with Crippen molar-refractivity contribution in [2.45, 2.75) is 18.7 Å². The van der Waals surface area contributed by atoms with Crippen LogP contribution in [0.25, 0.3) is 0 Å². The second-order valence-corrected chi connectivity index (χ2v) is 3.77. The molecule has 0 heterocycles. The van der Waals surface area contributed by atoms with Gasteiger partial charge >= 0.3 is 0 Å². The zero-order chi connectivity index (χ0) is 12.1. The Hall–Kier alpha value is -1.84. The second-order valence-electron chi connectivity index (χ2n) is 3.33. The van der Waals surface area contributed by atoms with Crippen LogP contribution in [0.15, 0.2) is 18.2 Å². The van der Waals surface area contributed by atoms with Crippen LogP contribution in [-0.4, -0.2) is 5.78 Å². The van der Waals surface area contributed by atoms with E-state index in [9.17, 15) is 4.79 Å². The highest BCUT2D eigenvalue weighted by atomic mass is 35.5. The third-order valence-corrected chi connectivity index (χ3v) is 2.71. The maximum Gasteiger partial charge on any atom is 0.152 e. The normalized spacial score (nSPS) is 11.2. The topological polar surface area (TPSA) is 64.7 Å². The lowest BCUT2D eigenvalue weighted by molar-refractivity contribution is -0.116. The molecule has 1 rings (SSSR count). The van der Waals surface area contributed by atoms with Crippen LogP contribution in [0, 0.1) is 22.7 Å². The molecule has 4 heteroatoms. The maximum absolute atomic E-state index is 11.2. The maximum atomic E-state index is 11.2. The highest BCUT2D eigenvalue weighted by molar-refractivity contribution is 6.30. The number of nitrogens with zero attached hydrogens (tertiary/aromatic N) is 2. The molecule has 0 saturated heterocycles. The molecule has 1 aromatic carbocycles. The Kier molecular flexibility index (Phi) is 4.05. The molecule has 0 saturated carbocycles. The van der Waals surface area contributed by atoms with E-state index in [1.165, 1.54) is 6.92 Å². The Morgan fingerprint density at radius 3 is 2.69 bits per heavy atom. The van der Waals surface area contributed by atoms with Crippen LogP contribution in [0.5, 0.6) is 0 Å². The van der Waals surface area contributed by atoms with Gasteiger partial charge in [0.2, 0.25) is 0 Å². The molecule has 1 unspecified atom stereocenters. The number of ketones is 1. The van der Waals surface area contributed by atoms with Gasteiger partial charge in [0.1, 0.15) is 5.38 Å². The molecule has 0 N–H and O–H groups in total. The number of halogens is 1. The molecule has 0 aliphatic carbocycles. The Balaban J connectivity index is 3.24. The molecule has 0 amide bonds. The van der Waals surface area contributed by atoms with E-state index in [-0.39, 0.29) is 12.2 Å². The van der Waals surface area contributed by atoms with Crippen molar-refractivity contribution in [3.05, 3.63) is 34.9 Å². The van der Waals surface area contributed by atoms with Gasteiger partial charge in [0, 0.05) is 0 Å². The third kappa shape index (κ3) is 2.59. The van der Waals surface area contributed by atoms with E-state index < -0.39 is 5.38 Å². The number of carbonyl (C=O) groups excluding carboxylic acids is 1. The summed E-state index contributed by atoms with van der Waals surface area (Å²) in [5.74, 6) is -0.175. The minimum Gasteiger partial charge on any atom is -0.298 e. The molecule has 80 valence electrons. The van der Waals surface area contributed by atoms with Crippen molar-refractivity contribution in [1.82, 2.24) is 0 Å². The van der Waals surface area contributed by atoms with Crippen molar-refractivity contribution in [3.63, 3.8) is 0 Å². The molecule has 16 heavy (non-hydrogen) atoms. The summed E-state index contributed by atoms with van der Waals surface area (Å²) in [6.45, 7) is 1.39. The summed E-state index contributed by atoms with van der Waals surface area (Å²) in [6.07, 6.45) is 0.140. The largest absolute Gasteiger partial charge is 0.298 e. The Bertz CT molecular complexity index is 497. The van der Waals surface area contributed by atoms with Gasteiger partial charge in [-0.2, -0.15) is 10.5 Å². The van der Waals surface area contributed by atoms with Gasteiger partial charge in [-0.3, -0.25) is 4.79 Å². The SMILES string of the molecule is CC(=O)C(Cl)c1ccc(C#N)cc1CC#N. The molecule has 0 aliphatic heterocycles. The number of nitriles is 2. The van der Waals surface area contributed by atoms with E-state index in [1.807, 2.05) is 12.1 Å². The lowest BCUT2D eigenvalue weighted by Crippen LogP contribution is -2.05. The predicted molar refractivity (Wildman–Crippen MR) is 59.7 cm³/mol. The Morgan fingerprint density at radius 1 is 1.50 bits per heavy atom. The molecule has 0 spiro atoms. The van der Waals surface area contributed by atoms with Crippen LogP contribution in [0.3, 0.4) is 0 Å². The Labute approximate surface area is 98.9 Å². The van der Waals surface area contributed by atoms with Gasteiger partial charge in [-0.25, -0.2) is 0 Å². The molecule has 0 fully saturated rings. The lowest BCUT2D eigenvalue weighted by atomic mass is 9.98. The van der Waals surface area contributed by atoms with Crippen LogP contribution < -0.4 is 0 Å². The van der Waals surface area contributed by atoms with Crippen molar-refractivity contribution in [2.75, 3.05) is 0 Å². The molecule has 0 aromatic heterocycles. The quantitative estimate of drug-likeness (QED) is 0.752. The number of rotatable bonds is 3. The summed E-state index contributed by atoms with van der Waals surface area (Å²) < 4.78 is 0. The van der Waals surface area contributed by atoms with E-state index in [4.69, 9.17) is 22.1 Å². The lowest BCUT2D eigenvalue weighted by Gasteiger charge is -2.10. The summed E-state index contributed by atoms with van der Waals surface area (Å²) in [5.41, 5.74) is 1.70. The van der Waals surface area contributed by atoms with Crippen LogP contribution in [0.1, 0.15) is 29.0 Å². The molecule has 0 bridgehead atoms. The van der Waals surface area contributed by atoms with Gasteiger partial charge in [0.25, 0.3) is 0 Å². The molecule has 0 aliphatic rings. The average Bonchev–Trinajstić information content (AvgIpc) is 2.28. The summed E-state index contributed by atoms with van der Waals surface area (Å²) in [7, 11) is 0. The summed E-state index contributed by atoms with van der Waals surface area (Å²) in [4.78, 5) is 11.2. The molecule has 0 radical (unpaired) electrons. The van der Waals surface area contributed by atoms with Crippen LogP contribution in [-0.2, 0) is 11.2 Å². The number of hydrogen-bond donors (Lipinski definition) is 0. The van der Waals surface area contributed by atoms with Gasteiger partial charge in [-0.1, -0.05) is 6.07 Å². The summed E-state index contributed by atoms with van der Waals surface area (Å²) >= 11 is 5.94. The summed E-state index contributed by atoms with van der Waals surface area (Å²) in [6, 6.07) is 8.79. The monoisotopic (exact) mass is 232 g/mol. The van der Waals surface area contributed by atoms with Crippen molar-refractivity contribution < 1.29 is 4.79 Å². The molecular formula is C12H9ClN2O. The molecule has 1 aromatic rings. The number of Topliss-reactive ketones (excluding diaryl/α,β-unsaturated/α-hetero) is 1.